The molecule has 8 heteroatoms. The number of nitrogens with zero attached hydrogens (tertiary/aromatic N) is 2. The Hall–Kier alpha value is -0.570. The number of hydrogen-bond donors (Lipinski definition) is 2. The third-order valence-corrected chi connectivity index (χ3v) is 5.81. The first-order valence-corrected chi connectivity index (χ1v) is 9.88. The molecule has 1 heterocycles. The SMILES string of the molecule is CNCCn1nc(C)c(S(=O)(=O)NCC(C)CSC)c1C. The summed E-state index contributed by atoms with van der Waals surface area (Å²) in [6, 6.07) is 0. The number of thioether (sulfide) groups is 1. The lowest BCUT2D eigenvalue weighted by molar-refractivity contribution is 0.556. The molecule has 1 unspecified atom stereocenters. The smallest absolute Gasteiger partial charge is 0.244 e. The standard InChI is InChI=1S/C13H26N4O2S2/c1-10(9-20-5)8-15-21(18,19)13-11(2)16-17(12(13)3)7-6-14-4/h10,14-15H,6-9H2,1-5H3. The Bertz CT molecular complexity index is 555. The van der Waals surface area contributed by atoms with Gasteiger partial charge in [-0.3, -0.25) is 4.68 Å². The zero-order valence-corrected chi connectivity index (χ0v) is 15.1. The average molecular weight is 335 g/mol. The maximum atomic E-state index is 12.5. The van der Waals surface area contributed by atoms with E-state index in [0.717, 1.165) is 12.3 Å². The summed E-state index contributed by atoms with van der Waals surface area (Å²) in [5.74, 6) is 1.23. The minimum absolute atomic E-state index is 0.301. The number of sulfonamides is 1. The highest BCUT2D eigenvalue weighted by atomic mass is 32.2. The number of aromatic nitrogens is 2. The lowest BCUT2D eigenvalue weighted by atomic mass is 10.2. The number of likely N-dealkylation sites (N-methyl/N-ethyl adjacent to an activating group) is 1. The van der Waals surface area contributed by atoms with Crippen LogP contribution in [-0.4, -0.2) is 50.3 Å². The van der Waals surface area contributed by atoms with Crippen molar-refractivity contribution in [3.8, 4) is 0 Å². The summed E-state index contributed by atoms with van der Waals surface area (Å²) in [4.78, 5) is 0.315. The van der Waals surface area contributed by atoms with Gasteiger partial charge >= 0.3 is 0 Å². The Morgan fingerprint density at radius 3 is 2.62 bits per heavy atom. The molecule has 1 aromatic rings. The molecule has 0 spiro atoms. The molecular weight excluding hydrogens is 308 g/mol. The highest BCUT2D eigenvalue weighted by molar-refractivity contribution is 7.98. The van der Waals surface area contributed by atoms with Crippen LogP contribution in [0.1, 0.15) is 18.3 Å². The highest BCUT2D eigenvalue weighted by Crippen LogP contribution is 2.19. The molecule has 0 bridgehead atoms. The summed E-state index contributed by atoms with van der Waals surface area (Å²) in [7, 11) is -1.64. The molecule has 2 N–H and O–H groups in total. The molecular formula is C13H26N4O2S2. The van der Waals surface area contributed by atoms with Crippen LogP contribution in [0.25, 0.3) is 0 Å². The fraction of sp³-hybridized carbons (Fsp3) is 0.769. The van der Waals surface area contributed by atoms with Crippen molar-refractivity contribution >= 4 is 21.8 Å². The van der Waals surface area contributed by atoms with E-state index < -0.39 is 10.0 Å². The van der Waals surface area contributed by atoms with Crippen molar-refractivity contribution in [3.05, 3.63) is 11.4 Å². The second-order valence-electron chi connectivity index (χ2n) is 5.24. The molecule has 1 atom stereocenters. The van der Waals surface area contributed by atoms with Crippen molar-refractivity contribution < 1.29 is 8.42 Å². The van der Waals surface area contributed by atoms with Crippen LogP contribution >= 0.6 is 11.8 Å². The van der Waals surface area contributed by atoms with Gasteiger partial charge in [-0.05, 0) is 38.8 Å². The molecule has 0 fully saturated rings. The summed E-state index contributed by atoms with van der Waals surface area (Å²) in [5, 5.41) is 7.37. The lowest BCUT2D eigenvalue weighted by Crippen LogP contribution is -2.30. The summed E-state index contributed by atoms with van der Waals surface area (Å²) < 4.78 is 29.4. The van der Waals surface area contributed by atoms with Crippen LogP contribution in [0, 0.1) is 19.8 Å². The topological polar surface area (TPSA) is 76.0 Å². The van der Waals surface area contributed by atoms with Crippen molar-refractivity contribution in [2.45, 2.75) is 32.2 Å². The van der Waals surface area contributed by atoms with Crippen LogP contribution in [0.15, 0.2) is 4.90 Å². The number of nitrogens with one attached hydrogen (secondary N) is 2. The van der Waals surface area contributed by atoms with Gasteiger partial charge < -0.3 is 5.32 Å². The first kappa shape index (κ1) is 18.5. The van der Waals surface area contributed by atoms with Gasteiger partial charge in [-0.25, -0.2) is 13.1 Å². The van der Waals surface area contributed by atoms with E-state index in [1.807, 2.05) is 20.2 Å². The molecule has 0 aliphatic rings. The fourth-order valence-corrected chi connectivity index (χ4v) is 4.43. The first-order chi connectivity index (χ1) is 9.83. The second-order valence-corrected chi connectivity index (χ2v) is 7.85. The minimum Gasteiger partial charge on any atom is -0.318 e. The summed E-state index contributed by atoms with van der Waals surface area (Å²) >= 11 is 1.72. The normalized spacial score (nSPS) is 13.6. The Labute approximate surface area is 132 Å². The van der Waals surface area contributed by atoms with Crippen molar-refractivity contribution in [1.82, 2.24) is 19.8 Å². The van der Waals surface area contributed by atoms with Gasteiger partial charge in [0.2, 0.25) is 10.0 Å². The van der Waals surface area contributed by atoms with E-state index in [-0.39, 0.29) is 0 Å². The van der Waals surface area contributed by atoms with Crippen LogP contribution in [0.4, 0.5) is 0 Å². The van der Waals surface area contributed by atoms with Gasteiger partial charge in [0, 0.05) is 13.1 Å². The predicted octanol–water partition coefficient (Wildman–Crippen LogP) is 0.997. The average Bonchev–Trinajstić information content (AvgIpc) is 2.70. The second kappa shape index (κ2) is 8.17. The maximum absolute atomic E-state index is 12.5. The molecule has 0 aromatic carbocycles. The van der Waals surface area contributed by atoms with E-state index >= 15 is 0 Å². The van der Waals surface area contributed by atoms with E-state index in [1.165, 1.54) is 0 Å². The molecule has 0 aliphatic carbocycles. The van der Waals surface area contributed by atoms with Crippen LogP contribution in [0.2, 0.25) is 0 Å². The van der Waals surface area contributed by atoms with Gasteiger partial charge in [-0.1, -0.05) is 6.92 Å². The number of aryl methyl sites for hydroxylation is 1. The zero-order valence-electron chi connectivity index (χ0n) is 13.4. The van der Waals surface area contributed by atoms with Crippen LogP contribution in [-0.2, 0) is 16.6 Å². The highest BCUT2D eigenvalue weighted by Gasteiger charge is 2.24. The summed E-state index contributed by atoms with van der Waals surface area (Å²) in [6.07, 6.45) is 2.02. The van der Waals surface area contributed by atoms with E-state index in [1.54, 1.807) is 30.3 Å². The van der Waals surface area contributed by atoms with E-state index in [2.05, 4.69) is 15.1 Å². The molecule has 122 valence electrons. The van der Waals surface area contributed by atoms with Gasteiger partial charge in [-0.15, -0.1) is 0 Å². The minimum atomic E-state index is -3.50. The van der Waals surface area contributed by atoms with Crippen molar-refractivity contribution in [2.75, 3.05) is 32.1 Å². The monoisotopic (exact) mass is 334 g/mol. The quantitative estimate of drug-likeness (QED) is 0.704. The van der Waals surface area contributed by atoms with Gasteiger partial charge in [0.25, 0.3) is 0 Å². The van der Waals surface area contributed by atoms with Gasteiger partial charge in [0.05, 0.1) is 17.9 Å². The molecule has 0 saturated carbocycles. The summed E-state index contributed by atoms with van der Waals surface area (Å²) in [6.45, 7) is 7.43. The Balaban J connectivity index is 2.90. The largest absolute Gasteiger partial charge is 0.318 e. The molecule has 1 rings (SSSR count). The molecule has 0 saturated heterocycles. The molecule has 21 heavy (non-hydrogen) atoms. The van der Waals surface area contributed by atoms with Gasteiger partial charge in [-0.2, -0.15) is 16.9 Å². The Morgan fingerprint density at radius 2 is 2.05 bits per heavy atom. The Kier molecular flexibility index (Phi) is 7.19. The molecule has 0 aliphatic heterocycles. The fourth-order valence-electron chi connectivity index (χ4n) is 2.17. The van der Waals surface area contributed by atoms with E-state index in [0.29, 0.717) is 35.3 Å². The van der Waals surface area contributed by atoms with Gasteiger partial charge in [0.15, 0.2) is 0 Å². The Morgan fingerprint density at radius 1 is 1.38 bits per heavy atom. The van der Waals surface area contributed by atoms with Crippen LogP contribution in [0.3, 0.4) is 0 Å². The van der Waals surface area contributed by atoms with Crippen molar-refractivity contribution in [2.24, 2.45) is 5.92 Å². The predicted molar refractivity (Wildman–Crippen MR) is 88.4 cm³/mol. The lowest BCUT2D eigenvalue weighted by Gasteiger charge is -2.12. The van der Waals surface area contributed by atoms with Gasteiger partial charge in [0.1, 0.15) is 4.90 Å². The zero-order chi connectivity index (χ0) is 16.0. The van der Waals surface area contributed by atoms with Crippen LogP contribution < -0.4 is 10.0 Å². The number of hydrogen-bond acceptors (Lipinski definition) is 5. The van der Waals surface area contributed by atoms with E-state index in [4.69, 9.17) is 0 Å². The maximum Gasteiger partial charge on any atom is 0.244 e. The van der Waals surface area contributed by atoms with E-state index in [9.17, 15) is 8.42 Å². The molecule has 0 radical (unpaired) electrons. The van der Waals surface area contributed by atoms with Crippen molar-refractivity contribution in [3.63, 3.8) is 0 Å². The third-order valence-electron chi connectivity index (χ3n) is 3.23. The molecule has 6 nitrogen and oxygen atoms in total. The summed E-state index contributed by atoms with van der Waals surface area (Å²) in [5.41, 5.74) is 1.24. The van der Waals surface area contributed by atoms with Crippen molar-refractivity contribution in [1.29, 1.82) is 0 Å². The molecule has 0 amide bonds. The molecule has 1 aromatic heterocycles. The first-order valence-electron chi connectivity index (χ1n) is 7.00. The van der Waals surface area contributed by atoms with Crippen LogP contribution in [0.5, 0.6) is 0 Å². The third kappa shape index (κ3) is 4.98. The number of rotatable bonds is 9.